The minimum Gasteiger partial charge on any atom is -0.497 e. The first kappa shape index (κ1) is 27.3. The first-order valence-corrected chi connectivity index (χ1v) is 11.9. The van der Waals surface area contributed by atoms with Gasteiger partial charge in [0.25, 0.3) is 0 Å². The zero-order chi connectivity index (χ0) is 22.9. The second kappa shape index (κ2) is 13.7. The molecule has 4 nitrogen and oxygen atoms in total. The first-order chi connectivity index (χ1) is 15.5. The van der Waals surface area contributed by atoms with Gasteiger partial charge < -0.3 is 14.4 Å². The zero-order valence-corrected chi connectivity index (χ0v) is 23.3. The summed E-state index contributed by atoms with van der Waals surface area (Å²) in [6.45, 7) is 5.65. The molecule has 0 unspecified atom stereocenters. The molecule has 0 fully saturated rings. The van der Waals surface area contributed by atoms with E-state index in [0.29, 0.717) is 0 Å². The van der Waals surface area contributed by atoms with Crippen LogP contribution in [0.2, 0.25) is 5.02 Å². The number of rotatable bonds is 8. The maximum absolute atomic E-state index is 6.16. The molecule has 0 aromatic heterocycles. The van der Waals surface area contributed by atoms with Crippen molar-refractivity contribution in [2.24, 2.45) is 4.99 Å². The van der Waals surface area contributed by atoms with Crippen LogP contribution in [0.15, 0.2) is 71.7 Å². The standard InChI is InChI=1S/C26H29ClN2O2S.HI/c1-5-32-26(28-25-15-10-22(27)16-19(25)2)29(17-20-6-11-23(30-3)12-7-20)18-21-8-13-24(31-4)14-9-21;/h6-16H,5,17-18H2,1-4H3;1H. The quantitative estimate of drug-likeness (QED) is 0.151. The molecule has 3 rings (SSSR count). The Morgan fingerprint density at radius 2 is 1.39 bits per heavy atom. The molecular formula is C26H30ClIN2O2S. The van der Waals surface area contributed by atoms with E-state index in [4.69, 9.17) is 26.1 Å². The Hall–Kier alpha value is -1.90. The van der Waals surface area contributed by atoms with E-state index in [2.05, 4.69) is 36.1 Å². The number of aryl methyl sites for hydroxylation is 1. The zero-order valence-electron chi connectivity index (χ0n) is 19.4. The van der Waals surface area contributed by atoms with E-state index in [1.54, 1.807) is 26.0 Å². The Kier molecular flexibility index (Phi) is 11.4. The fraction of sp³-hybridized carbons (Fsp3) is 0.269. The van der Waals surface area contributed by atoms with Crippen molar-refractivity contribution in [3.05, 3.63) is 88.4 Å². The fourth-order valence-electron chi connectivity index (χ4n) is 3.26. The van der Waals surface area contributed by atoms with E-state index in [1.807, 2.05) is 49.4 Å². The molecule has 0 aliphatic rings. The van der Waals surface area contributed by atoms with Crippen molar-refractivity contribution in [2.45, 2.75) is 26.9 Å². The van der Waals surface area contributed by atoms with Crippen molar-refractivity contribution in [3.63, 3.8) is 0 Å². The van der Waals surface area contributed by atoms with Crippen LogP contribution in [0.5, 0.6) is 11.5 Å². The normalized spacial score (nSPS) is 11.0. The van der Waals surface area contributed by atoms with E-state index >= 15 is 0 Å². The summed E-state index contributed by atoms with van der Waals surface area (Å²) in [6.07, 6.45) is 0. The van der Waals surface area contributed by atoms with Crippen LogP contribution in [0.1, 0.15) is 23.6 Å². The third kappa shape index (κ3) is 8.12. The van der Waals surface area contributed by atoms with Crippen molar-refractivity contribution in [1.82, 2.24) is 4.90 Å². The molecule has 33 heavy (non-hydrogen) atoms. The van der Waals surface area contributed by atoms with Gasteiger partial charge in [0.1, 0.15) is 11.5 Å². The largest absolute Gasteiger partial charge is 0.497 e. The Morgan fingerprint density at radius 3 is 1.82 bits per heavy atom. The van der Waals surface area contributed by atoms with Gasteiger partial charge >= 0.3 is 0 Å². The van der Waals surface area contributed by atoms with E-state index in [1.165, 1.54) is 11.1 Å². The average Bonchev–Trinajstić information content (AvgIpc) is 2.81. The summed E-state index contributed by atoms with van der Waals surface area (Å²) in [4.78, 5) is 7.36. The summed E-state index contributed by atoms with van der Waals surface area (Å²) in [6, 6.07) is 22.2. The Bertz CT molecular complexity index is 994. The number of ether oxygens (including phenoxy) is 2. The number of thioether (sulfide) groups is 1. The lowest BCUT2D eigenvalue weighted by molar-refractivity contribution is 0.405. The van der Waals surface area contributed by atoms with Gasteiger partial charge in [-0.3, -0.25) is 0 Å². The van der Waals surface area contributed by atoms with Crippen LogP contribution in [0, 0.1) is 6.92 Å². The molecule has 3 aromatic carbocycles. The van der Waals surface area contributed by atoms with Crippen LogP contribution >= 0.6 is 47.3 Å². The summed E-state index contributed by atoms with van der Waals surface area (Å²) in [7, 11) is 3.37. The van der Waals surface area contributed by atoms with Crippen LogP contribution < -0.4 is 9.47 Å². The Morgan fingerprint density at radius 1 is 0.879 bits per heavy atom. The number of amidine groups is 1. The van der Waals surface area contributed by atoms with Crippen molar-refractivity contribution in [2.75, 3.05) is 20.0 Å². The third-order valence-corrected chi connectivity index (χ3v) is 6.12. The SMILES string of the molecule is CCSC(=Nc1ccc(Cl)cc1C)N(Cc1ccc(OC)cc1)Cc1ccc(OC)cc1.I. The maximum Gasteiger partial charge on any atom is 0.164 e. The molecule has 0 spiro atoms. The van der Waals surface area contributed by atoms with Crippen LogP contribution in [-0.4, -0.2) is 30.0 Å². The molecule has 0 bridgehead atoms. The maximum atomic E-state index is 6.16. The number of hydrogen-bond acceptors (Lipinski definition) is 4. The van der Waals surface area contributed by atoms with Crippen molar-refractivity contribution in [1.29, 1.82) is 0 Å². The predicted molar refractivity (Wildman–Crippen MR) is 152 cm³/mol. The minimum atomic E-state index is 0. The van der Waals surface area contributed by atoms with Crippen LogP contribution in [0.4, 0.5) is 5.69 Å². The molecule has 0 amide bonds. The van der Waals surface area contributed by atoms with Gasteiger partial charge in [-0.1, -0.05) is 54.6 Å². The van der Waals surface area contributed by atoms with Gasteiger partial charge in [-0.05, 0) is 71.8 Å². The van der Waals surface area contributed by atoms with Gasteiger partial charge in [0, 0.05) is 18.1 Å². The van der Waals surface area contributed by atoms with Crippen LogP contribution in [-0.2, 0) is 13.1 Å². The van der Waals surface area contributed by atoms with Gasteiger partial charge in [-0.15, -0.1) is 24.0 Å². The molecule has 0 N–H and O–H groups in total. The van der Waals surface area contributed by atoms with Gasteiger partial charge in [0.2, 0.25) is 0 Å². The highest BCUT2D eigenvalue weighted by atomic mass is 127. The number of methoxy groups -OCH3 is 2. The molecular weight excluding hydrogens is 567 g/mol. The molecule has 0 atom stereocenters. The summed E-state index contributed by atoms with van der Waals surface area (Å²) in [5.41, 5.74) is 4.37. The molecule has 176 valence electrons. The topological polar surface area (TPSA) is 34.1 Å². The highest BCUT2D eigenvalue weighted by Gasteiger charge is 2.15. The summed E-state index contributed by atoms with van der Waals surface area (Å²) < 4.78 is 10.6. The van der Waals surface area contributed by atoms with Gasteiger partial charge in [0.05, 0.1) is 19.9 Å². The van der Waals surface area contributed by atoms with Gasteiger partial charge in [-0.25, -0.2) is 4.99 Å². The second-order valence-corrected chi connectivity index (χ2v) is 8.98. The second-order valence-electron chi connectivity index (χ2n) is 7.31. The number of nitrogens with zero attached hydrogens (tertiary/aromatic N) is 2. The Labute approximate surface area is 223 Å². The minimum absolute atomic E-state index is 0. The van der Waals surface area contributed by atoms with E-state index in [9.17, 15) is 0 Å². The lowest BCUT2D eigenvalue weighted by Crippen LogP contribution is -2.28. The number of aliphatic imine (C=N–C) groups is 1. The predicted octanol–water partition coefficient (Wildman–Crippen LogP) is 7.73. The highest BCUT2D eigenvalue weighted by molar-refractivity contribution is 14.0. The van der Waals surface area contributed by atoms with E-state index in [0.717, 1.165) is 51.8 Å². The van der Waals surface area contributed by atoms with Crippen LogP contribution in [0.3, 0.4) is 0 Å². The van der Waals surface area contributed by atoms with Gasteiger partial charge in [-0.2, -0.15) is 0 Å². The smallest absolute Gasteiger partial charge is 0.164 e. The molecule has 0 radical (unpaired) electrons. The number of hydrogen-bond donors (Lipinski definition) is 0. The molecule has 0 saturated heterocycles. The molecule has 3 aromatic rings. The third-order valence-electron chi connectivity index (χ3n) is 4.98. The first-order valence-electron chi connectivity index (χ1n) is 10.5. The molecule has 0 heterocycles. The number of halogens is 2. The Balaban J connectivity index is 0.00000385. The van der Waals surface area contributed by atoms with Crippen LogP contribution in [0.25, 0.3) is 0 Å². The molecule has 0 aliphatic carbocycles. The van der Waals surface area contributed by atoms with E-state index in [-0.39, 0.29) is 24.0 Å². The summed E-state index contributed by atoms with van der Waals surface area (Å²) in [5.74, 6) is 2.63. The van der Waals surface area contributed by atoms with Gasteiger partial charge in [0.15, 0.2) is 5.17 Å². The fourth-order valence-corrected chi connectivity index (χ4v) is 4.22. The molecule has 7 heteroatoms. The van der Waals surface area contributed by atoms with E-state index < -0.39 is 0 Å². The highest BCUT2D eigenvalue weighted by Crippen LogP contribution is 2.27. The molecule has 0 aliphatic heterocycles. The average molecular weight is 597 g/mol. The van der Waals surface area contributed by atoms with Crippen molar-refractivity contribution >= 4 is 58.2 Å². The summed E-state index contributed by atoms with van der Waals surface area (Å²) >= 11 is 7.90. The summed E-state index contributed by atoms with van der Waals surface area (Å²) in [5, 5.41) is 1.70. The lowest BCUT2D eigenvalue weighted by atomic mass is 10.1. The lowest BCUT2D eigenvalue weighted by Gasteiger charge is -2.26. The van der Waals surface area contributed by atoms with Crippen molar-refractivity contribution < 1.29 is 9.47 Å². The molecule has 0 saturated carbocycles. The number of benzene rings is 3. The monoisotopic (exact) mass is 596 g/mol. The van der Waals surface area contributed by atoms with Crippen molar-refractivity contribution in [3.8, 4) is 11.5 Å².